The maximum Gasteiger partial charge on any atom is 0.488 e. The summed E-state index contributed by atoms with van der Waals surface area (Å²) in [5, 5.41) is 18.0. The normalized spacial score (nSPS) is 12.7. The Kier molecular flexibility index (Phi) is 3.20. The molecule has 1 aromatic rings. The van der Waals surface area contributed by atoms with Gasteiger partial charge < -0.3 is 10.0 Å². The van der Waals surface area contributed by atoms with Crippen LogP contribution in [0.1, 0.15) is 17.7 Å². The molecule has 0 fully saturated rings. The second-order valence-corrected chi connectivity index (χ2v) is 3.45. The Morgan fingerprint density at radius 3 is 2.33 bits per heavy atom. The lowest BCUT2D eigenvalue weighted by Crippen LogP contribution is -2.33. The molecular weight excluding hydrogens is 171 g/mol. The first kappa shape index (κ1) is 9.64. The van der Waals surface area contributed by atoms with Crippen LogP contribution in [0.2, 0.25) is 0 Å². The van der Waals surface area contributed by atoms with Crippen LogP contribution in [0.5, 0.6) is 0 Å². The minimum absolute atomic E-state index is 0.0167. The van der Waals surface area contributed by atoms with Crippen molar-refractivity contribution in [2.75, 3.05) is 0 Å². The van der Waals surface area contributed by atoms with Crippen molar-refractivity contribution in [2.45, 2.75) is 12.2 Å². The largest absolute Gasteiger partial charge is 0.488 e. The molecule has 0 saturated carbocycles. The predicted molar refractivity (Wildman–Crippen MR) is 53.7 cm³/mol. The molecule has 0 aliphatic heterocycles. The minimum Gasteiger partial charge on any atom is -0.423 e. The van der Waals surface area contributed by atoms with Crippen LogP contribution >= 0.6 is 12.6 Å². The zero-order valence-corrected chi connectivity index (χ0v) is 7.70. The zero-order chi connectivity index (χ0) is 9.14. The Hall–Kier alpha value is -0.445. The van der Waals surface area contributed by atoms with E-state index in [1.54, 1.807) is 12.1 Å². The first-order valence-electron chi connectivity index (χ1n) is 3.76. The van der Waals surface area contributed by atoms with Crippen LogP contribution in [-0.2, 0) is 0 Å². The van der Waals surface area contributed by atoms with Gasteiger partial charge in [-0.15, -0.1) is 0 Å². The molecule has 1 unspecified atom stereocenters. The van der Waals surface area contributed by atoms with Gasteiger partial charge in [-0.3, -0.25) is 0 Å². The second kappa shape index (κ2) is 3.98. The van der Waals surface area contributed by atoms with Gasteiger partial charge in [0.05, 0.1) is 0 Å². The number of hydrogen-bond acceptors (Lipinski definition) is 3. The van der Waals surface area contributed by atoms with E-state index in [1.807, 2.05) is 19.1 Å². The van der Waals surface area contributed by atoms with Gasteiger partial charge in [-0.25, -0.2) is 0 Å². The summed E-state index contributed by atoms with van der Waals surface area (Å²) in [6.45, 7) is 1.89. The van der Waals surface area contributed by atoms with E-state index in [9.17, 15) is 0 Å². The summed E-state index contributed by atoms with van der Waals surface area (Å²) in [5.74, 6) is 0. The molecule has 1 rings (SSSR count). The molecule has 0 saturated heterocycles. The first-order valence-corrected chi connectivity index (χ1v) is 4.27. The SMILES string of the molecule is CC(S)c1ccccc1B(O)O. The summed E-state index contributed by atoms with van der Waals surface area (Å²) in [6.07, 6.45) is 0. The number of thiol groups is 1. The van der Waals surface area contributed by atoms with E-state index in [4.69, 9.17) is 10.0 Å². The maximum absolute atomic E-state index is 8.98. The van der Waals surface area contributed by atoms with Crippen LogP contribution < -0.4 is 5.46 Å². The van der Waals surface area contributed by atoms with Crippen molar-refractivity contribution >= 4 is 25.2 Å². The molecule has 1 aromatic carbocycles. The van der Waals surface area contributed by atoms with Crippen molar-refractivity contribution in [3.05, 3.63) is 29.8 Å². The van der Waals surface area contributed by atoms with E-state index in [0.717, 1.165) is 5.56 Å². The van der Waals surface area contributed by atoms with Crippen LogP contribution in [0, 0.1) is 0 Å². The molecule has 64 valence electrons. The van der Waals surface area contributed by atoms with Crippen molar-refractivity contribution in [2.24, 2.45) is 0 Å². The van der Waals surface area contributed by atoms with Gasteiger partial charge in [0.2, 0.25) is 0 Å². The highest BCUT2D eigenvalue weighted by Crippen LogP contribution is 2.16. The molecule has 1 atom stereocenters. The monoisotopic (exact) mass is 182 g/mol. The number of benzene rings is 1. The predicted octanol–water partition coefficient (Wildman–Crippen LogP) is 0.357. The lowest BCUT2D eigenvalue weighted by atomic mass is 9.76. The fourth-order valence-corrected chi connectivity index (χ4v) is 1.36. The second-order valence-electron chi connectivity index (χ2n) is 2.68. The van der Waals surface area contributed by atoms with Gasteiger partial charge >= 0.3 is 7.12 Å². The molecule has 0 aliphatic rings. The Balaban J connectivity index is 3.09. The average Bonchev–Trinajstić information content (AvgIpc) is 2.04. The molecule has 0 aromatic heterocycles. The van der Waals surface area contributed by atoms with Gasteiger partial charge in [-0.05, 0) is 17.9 Å². The molecule has 4 heteroatoms. The van der Waals surface area contributed by atoms with Gasteiger partial charge in [0.1, 0.15) is 0 Å². The highest BCUT2D eigenvalue weighted by atomic mass is 32.1. The summed E-state index contributed by atoms with van der Waals surface area (Å²) < 4.78 is 0. The molecule has 2 N–H and O–H groups in total. The Morgan fingerprint density at radius 1 is 1.33 bits per heavy atom. The van der Waals surface area contributed by atoms with Crippen molar-refractivity contribution in [3.8, 4) is 0 Å². The van der Waals surface area contributed by atoms with E-state index in [-0.39, 0.29) is 5.25 Å². The fourth-order valence-electron chi connectivity index (χ4n) is 1.13. The molecule has 0 spiro atoms. The van der Waals surface area contributed by atoms with Gasteiger partial charge in [-0.1, -0.05) is 24.3 Å². The van der Waals surface area contributed by atoms with Crippen molar-refractivity contribution in [3.63, 3.8) is 0 Å². The van der Waals surface area contributed by atoms with Crippen LogP contribution in [0.25, 0.3) is 0 Å². The molecule has 0 aliphatic carbocycles. The topological polar surface area (TPSA) is 40.5 Å². The average molecular weight is 182 g/mol. The van der Waals surface area contributed by atoms with Crippen molar-refractivity contribution < 1.29 is 10.0 Å². The molecule has 0 heterocycles. The number of hydrogen-bond donors (Lipinski definition) is 3. The van der Waals surface area contributed by atoms with Crippen molar-refractivity contribution in [1.29, 1.82) is 0 Å². The molecule has 12 heavy (non-hydrogen) atoms. The van der Waals surface area contributed by atoms with Gasteiger partial charge in [0, 0.05) is 5.25 Å². The third-order valence-corrected chi connectivity index (χ3v) is 2.00. The van der Waals surface area contributed by atoms with E-state index in [0.29, 0.717) is 5.46 Å². The van der Waals surface area contributed by atoms with E-state index in [1.165, 1.54) is 0 Å². The van der Waals surface area contributed by atoms with Crippen LogP contribution in [-0.4, -0.2) is 17.2 Å². The molecule has 0 bridgehead atoms. The third-order valence-electron chi connectivity index (χ3n) is 1.72. The van der Waals surface area contributed by atoms with E-state index < -0.39 is 7.12 Å². The fraction of sp³-hybridized carbons (Fsp3) is 0.250. The molecule has 0 radical (unpaired) electrons. The lowest BCUT2D eigenvalue weighted by molar-refractivity contribution is 0.425. The van der Waals surface area contributed by atoms with E-state index >= 15 is 0 Å². The zero-order valence-electron chi connectivity index (χ0n) is 6.81. The molecule has 0 amide bonds. The first-order chi connectivity index (χ1) is 5.63. The minimum atomic E-state index is -1.41. The van der Waals surface area contributed by atoms with Gasteiger partial charge in [0.15, 0.2) is 0 Å². The van der Waals surface area contributed by atoms with Gasteiger partial charge in [0.25, 0.3) is 0 Å². The van der Waals surface area contributed by atoms with Crippen LogP contribution in [0.4, 0.5) is 0 Å². The number of rotatable bonds is 2. The summed E-state index contributed by atoms with van der Waals surface area (Å²) in [5.41, 5.74) is 1.39. The lowest BCUT2D eigenvalue weighted by Gasteiger charge is -2.10. The van der Waals surface area contributed by atoms with Crippen molar-refractivity contribution in [1.82, 2.24) is 0 Å². The standard InChI is InChI=1S/C8H11BO2S/c1-6(12)7-4-2-3-5-8(7)9(10)11/h2-6,10-12H,1H3. The molecule has 2 nitrogen and oxygen atoms in total. The summed E-state index contributed by atoms with van der Waals surface area (Å²) in [7, 11) is -1.41. The maximum atomic E-state index is 8.98. The summed E-state index contributed by atoms with van der Waals surface area (Å²) in [6, 6.07) is 7.15. The van der Waals surface area contributed by atoms with E-state index in [2.05, 4.69) is 12.6 Å². The smallest absolute Gasteiger partial charge is 0.423 e. The highest BCUT2D eigenvalue weighted by molar-refractivity contribution is 7.80. The summed E-state index contributed by atoms with van der Waals surface area (Å²) in [4.78, 5) is 0. The van der Waals surface area contributed by atoms with Gasteiger partial charge in [-0.2, -0.15) is 12.6 Å². The van der Waals surface area contributed by atoms with Crippen LogP contribution in [0.15, 0.2) is 24.3 Å². The Labute approximate surface area is 77.8 Å². The third kappa shape index (κ3) is 2.03. The van der Waals surface area contributed by atoms with Crippen LogP contribution in [0.3, 0.4) is 0 Å². The summed E-state index contributed by atoms with van der Waals surface area (Å²) >= 11 is 4.23. The molecular formula is C8H11BO2S. The highest BCUT2D eigenvalue weighted by Gasteiger charge is 2.16. The quantitative estimate of drug-likeness (QED) is 0.456. The Morgan fingerprint density at radius 2 is 1.92 bits per heavy atom. The Bertz CT molecular complexity index is 236.